The average molecular weight is 634 g/mol. The minimum atomic E-state index is -1.27. The average Bonchev–Trinajstić information content (AvgIpc) is 3.25. The Morgan fingerprint density at radius 2 is 1.13 bits per heavy atom. The summed E-state index contributed by atoms with van der Waals surface area (Å²) in [6.07, 6.45) is 7.58. The summed E-state index contributed by atoms with van der Waals surface area (Å²) >= 11 is 0. The van der Waals surface area contributed by atoms with Gasteiger partial charge >= 0.3 is 23.9 Å². The molecule has 0 unspecified atom stereocenters. The number of hydrogen-bond acceptors (Lipinski definition) is 13. The van der Waals surface area contributed by atoms with Gasteiger partial charge in [0, 0.05) is 41.8 Å². The van der Waals surface area contributed by atoms with Crippen LogP contribution in [0.5, 0.6) is 11.5 Å². The Morgan fingerprint density at radius 3 is 1.63 bits per heavy atom. The highest BCUT2D eigenvalue weighted by Crippen LogP contribution is 2.26. The Bertz CT molecular complexity index is 1940. The number of aryl methyl sites for hydroxylation is 3. The smallest absolute Gasteiger partial charge is 0.365 e. The lowest BCUT2D eigenvalue weighted by atomic mass is 10.2. The molecule has 0 radical (unpaired) electrons. The molecule has 6 heterocycles. The molecule has 14 heteroatoms. The second kappa shape index (κ2) is 15.6. The quantitative estimate of drug-likeness (QED) is 0.164. The van der Waals surface area contributed by atoms with E-state index in [-0.39, 0.29) is 61.9 Å². The van der Waals surface area contributed by atoms with E-state index in [9.17, 15) is 29.4 Å². The number of aromatic nitrogens is 5. The van der Waals surface area contributed by atoms with Gasteiger partial charge in [0.15, 0.2) is 28.6 Å². The molecule has 0 aliphatic carbocycles. The van der Waals surface area contributed by atoms with Crippen LogP contribution in [0.3, 0.4) is 0 Å². The van der Waals surface area contributed by atoms with Crippen molar-refractivity contribution in [2.75, 3.05) is 7.11 Å². The lowest BCUT2D eigenvalue weighted by Gasteiger charge is -2.04. The molecule has 0 saturated carbocycles. The summed E-state index contributed by atoms with van der Waals surface area (Å²) in [6.45, 7) is 5.54. The minimum Gasteiger partial charge on any atom is -0.504 e. The molecule has 6 rings (SSSR count). The normalized spacial score (nSPS) is 10.8. The predicted molar refractivity (Wildman–Crippen MR) is 169 cm³/mol. The zero-order valence-electron chi connectivity index (χ0n) is 23.1. The van der Waals surface area contributed by atoms with E-state index in [1.807, 2.05) is 19.9 Å². The van der Waals surface area contributed by atoms with Gasteiger partial charge in [-0.05, 0) is 55.7 Å². The Labute approximate surface area is 264 Å². The summed E-state index contributed by atoms with van der Waals surface area (Å²) in [4.78, 5) is 63.1. The number of carboxylic acids is 1. The van der Waals surface area contributed by atoms with Crippen molar-refractivity contribution in [2.45, 2.75) is 43.1 Å². The summed E-state index contributed by atoms with van der Waals surface area (Å²) in [5.41, 5.74) is 3.21. The fraction of sp³-hybridized carbons (Fsp3) is 0.219. The molecule has 5 aromatic heterocycles. The molecule has 1 aliphatic heterocycles. The van der Waals surface area contributed by atoms with Crippen molar-refractivity contribution < 1.29 is 44.0 Å². The highest BCUT2D eigenvalue weighted by Gasteiger charge is 2.30. The van der Waals surface area contributed by atoms with Gasteiger partial charge in [0.25, 0.3) is 0 Å². The number of pyridine rings is 5. The van der Waals surface area contributed by atoms with E-state index in [1.54, 1.807) is 31.5 Å². The van der Waals surface area contributed by atoms with Gasteiger partial charge in [-0.25, -0.2) is 34.1 Å². The van der Waals surface area contributed by atoms with Crippen molar-refractivity contribution in [3.8, 4) is 11.5 Å². The highest BCUT2D eigenvalue weighted by atomic mass is 16.6. The number of rotatable bonds is 2. The Hall–Kier alpha value is -6.05. The maximum Gasteiger partial charge on any atom is 0.365 e. The first-order chi connectivity index (χ1) is 20.4. The van der Waals surface area contributed by atoms with Gasteiger partial charge in [0.1, 0.15) is 11.0 Å². The van der Waals surface area contributed by atoms with E-state index in [0.717, 1.165) is 16.7 Å². The molecule has 0 fully saturated rings. The Kier molecular flexibility index (Phi) is 12.9. The van der Waals surface area contributed by atoms with Crippen LogP contribution < -0.4 is 0 Å². The molecule has 0 aromatic carbocycles. The lowest BCUT2D eigenvalue weighted by Crippen LogP contribution is -2.05. The van der Waals surface area contributed by atoms with E-state index in [1.165, 1.54) is 25.7 Å². The topological polar surface area (TPSA) is 212 Å². The van der Waals surface area contributed by atoms with Gasteiger partial charge in [-0.15, -0.1) is 0 Å². The van der Waals surface area contributed by atoms with Crippen LogP contribution in [0.25, 0.3) is 21.8 Å². The summed E-state index contributed by atoms with van der Waals surface area (Å²) < 4.78 is 8.85. The zero-order chi connectivity index (χ0) is 31.4. The van der Waals surface area contributed by atoms with Crippen molar-refractivity contribution in [3.63, 3.8) is 0 Å². The highest BCUT2D eigenvalue weighted by molar-refractivity contribution is 6.13. The first kappa shape index (κ1) is 38.0. The number of nitrogens with zero attached hydrogens (tertiary/aromatic N) is 5. The first-order valence-corrected chi connectivity index (χ1v) is 12.3. The van der Waals surface area contributed by atoms with Gasteiger partial charge in [-0.1, -0.05) is 22.3 Å². The van der Waals surface area contributed by atoms with Crippen molar-refractivity contribution >= 4 is 45.7 Å². The zero-order valence-corrected chi connectivity index (χ0v) is 23.1. The van der Waals surface area contributed by atoms with Crippen LogP contribution in [-0.4, -0.2) is 71.2 Å². The van der Waals surface area contributed by atoms with Crippen LogP contribution in [0.1, 0.15) is 80.8 Å². The van der Waals surface area contributed by atoms with Gasteiger partial charge in [-0.3, -0.25) is 9.97 Å². The monoisotopic (exact) mass is 633 g/mol. The number of carbonyl (C=O) groups is 4. The van der Waals surface area contributed by atoms with E-state index in [0.29, 0.717) is 16.3 Å². The second-order valence-corrected chi connectivity index (χ2v) is 9.19. The second-order valence-electron chi connectivity index (χ2n) is 9.19. The number of fused-ring (bicyclic) bond motifs is 3. The molecule has 242 valence electrons. The molecule has 0 bridgehead atoms. The maximum absolute atomic E-state index is 11.3. The lowest BCUT2D eigenvalue weighted by molar-refractivity contribution is 0.0439. The van der Waals surface area contributed by atoms with Crippen LogP contribution in [0.4, 0.5) is 0 Å². The number of methoxy groups -OCH3 is 1. The number of aromatic carboxylic acids is 1. The molecule has 0 spiro atoms. The SMILES string of the molecule is C.C.C.COC(=O)c1ncc2cc(C)cnc2c1O.Cc1cnc2c(O)c(C(=O)O)ncc2c1.Cc1cnc2c(c1)C(=O)OC2=O. The molecule has 5 aromatic rings. The van der Waals surface area contributed by atoms with E-state index < -0.39 is 23.9 Å². The van der Waals surface area contributed by atoms with Gasteiger partial charge in [0.05, 0.1) is 12.7 Å². The van der Waals surface area contributed by atoms with Gasteiger partial charge in [-0.2, -0.15) is 0 Å². The molecule has 0 atom stereocenters. The molecule has 3 N–H and O–H groups in total. The van der Waals surface area contributed by atoms with Crippen LogP contribution in [0.2, 0.25) is 0 Å². The largest absolute Gasteiger partial charge is 0.504 e. The number of carbonyl (C=O) groups excluding carboxylic acids is 3. The Morgan fingerprint density at radius 1 is 0.674 bits per heavy atom. The van der Waals surface area contributed by atoms with E-state index in [4.69, 9.17) is 5.11 Å². The molecular formula is C32H35N5O9. The Balaban J connectivity index is 0.000000337. The van der Waals surface area contributed by atoms with E-state index >= 15 is 0 Å². The number of aromatic hydroxyl groups is 2. The molecule has 14 nitrogen and oxygen atoms in total. The molecule has 46 heavy (non-hydrogen) atoms. The van der Waals surface area contributed by atoms with Crippen molar-refractivity contribution in [3.05, 3.63) is 88.5 Å². The van der Waals surface area contributed by atoms with Crippen LogP contribution >= 0.6 is 0 Å². The number of carboxylic acid groups (broad SMARTS) is 1. The summed E-state index contributed by atoms with van der Waals surface area (Å²) in [7, 11) is 1.23. The van der Waals surface area contributed by atoms with E-state index in [2.05, 4.69) is 34.4 Å². The molecule has 0 saturated heterocycles. The fourth-order valence-electron chi connectivity index (χ4n) is 3.87. The standard InChI is InChI=1S/C11H10N2O3.C10H8N2O3.C8H5NO3.3CH4/c1-6-3-7-5-13-9(11(15)16-2)10(14)8(7)12-4-6;1-5-2-6-4-12-8(10(14)15)9(13)7(6)11-3-5;1-4-2-5-6(9-3-4)8(11)12-7(5)10;;;/h3-5,14H,1-2H3;2-4,13H,1H3,(H,14,15);2-3H,1H3;3*1H4. The third kappa shape index (κ3) is 7.91. The third-order valence-electron chi connectivity index (χ3n) is 5.87. The van der Waals surface area contributed by atoms with Crippen molar-refractivity contribution in [1.29, 1.82) is 0 Å². The van der Waals surface area contributed by atoms with Crippen LogP contribution in [0.15, 0.2) is 49.2 Å². The molecule has 0 amide bonds. The van der Waals surface area contributed by atoms with Crippen molar-refractivity contribution in [1.82, 2.24) is 24.9 Å². The molecule has 1 aliphatic rings. The summed E-state index contributed by atoms with van der Waals surface area (Å²) in [5.74, 6) is -3.84. The minimum absolute atomic E-state index is 0. The van der Waals surface area contributed by atoms with Crippen molar-refractivity contribution in [2.24, 2.45) is 0 Å². The fourth-order valence-corrected chi connectivity index (χ4v) is 3.87. The number of cyclic esters (lactones) is 2. The van der Waals surface area contributed by atoms with Gasteiger partial charge < -0.3 is 24.8 Å². The van der Waals surface area contributed by atoms with Crippen LogP contribution in [-0.2, 0) is 9.47 Å². The number of esters is 3. The predicted octanol–water partition coefficient (Wildman–Crippen LogP) is 5.38. The number of hydrogen-bond donors (Lipinski definition) is 3. The summed E-state index contributed by atoms with van der Waals surface area (Å²) in [5, 5.41) is 29.5. The maximum atomic E-state index is 11.3. The first-order valence-electron chi connectivity index (χ1n) is 12.3. The van der Waals surface area contributed by atoms with Gasteiger partial charge in [0.2, 0.25) is 0 Å². The molecular weight excluding hydrogens is 598 g/mol. The summed E-state index contributed by atoms with van der Waals surface area (Å²) in [6, 6.07) is 5.20. The number of ether oxygens (including phenoxy) is 2. The van der Waals surface area contributed by atoms with Crippen LogP contribution in [0, 0.1) is 20.8 Å². The third-order valence-corrected chi connectivity index (χ3v) is 5.87.